The monoisotopic (exact) mass is 311 g/mol. The fourth-order valence-corrected chi connectivity index (χ4v) is 2.47. The molecule has 1 amide bonds. The number of rotatable bonds is 6. The Balaban J connectivity index is 2.04. The molecule has 0 aliphatic rings. The highest BCUT2D eigenvalue weighted by molar-refractivity contribution is 5.95. The molecule has 0 aliphatic carbocycles. The van der Waals surface area contributed by atoms with E-state index in [2.05, 4.69) is 5.32 Å². The van der Waals surface area contributed by atoms with Gasteiger partial charge in [0.1, 0.15) is 0 Å². The SMILES string of the molecule is Cc1ccc(C(=O)NCc2ccccc2COC(C)C)c(C)c1. The molecule has 2 aromatic carbocycles. The maximum atomic E-state index is 12.4. The minimum Gasteiger partial charge on any atom is -0.374 e. The highest BCUT2D eigenvalue weighted by Gasteiger charge is 2.10. The van der Waals surface area contributed by atoms with Crippen LogP contribution in [-0.2, 0) is 17.9 Å². The van der Waals surface area contributed by atoms with E-state index in [1.54, 1.807) is 0 Å². The molecule has 2 aromatic rings. The van der Waals surface area contributed by atoms with E-state index < -0.39 is 0 Å². The quantitative estimate of drug-likeness (QED) is 0.870. The fourth-order valence-electron chi connectivity index (χ4n) is 2.47. The molecule has 3 heteroatoms. The van der Waals surface area contributed by atoms with Crippen molar-refractivity contribution in [3.8, 4) is 0 Å². The molecule has 122 valence electrons. The molecule has 1 N–H and O–H groups in total. The smallest absolute Gasteiger partial charge is 0.251 e. The number of carbonyl (C=O) groups is 1. The average molecular weight is 311 g/mol. The minimum absolute atomic E-state index is 0.0397. The molecule has 3 nitrogen and oxygen atoms in total. The van der Waals surface area contributed by atoms with Crippen LogP contribution in [0.4, 0.5) is 0 Å². The average Bonchev–Trinajstić information content (AvgIpc) is 2.51. The first-order valence-electron chi connectivity index (χ1n) is 8.01. The van der Waals surface area contributed by atoms with Crippen LogP contribution in [0.3, 0.4) is 0 Å². The van der Waals surface area contributed by atoms with Crippen molar-refractivity contribution in [2.24, 2.45) is 0 Å². The highest BCUT2D eigenvalue weighted by Crippen LogP contribution is 2.13. The van der Waals surface area contributed by atoms with Crippen LogP contribution < -0.4 is 5.32 Å². The standard InChI is InChI=1S/C20H25NO2/c1-14(2)23-13-18-8-6-5-7-17(18)12-21-20(22)19-10-9-15(3)11-16(19)4/h5-11,14H,12-13H2,1-4H3,(H,21,22). The number of benzene rings is 2. The third-order valence-corrected chi connectivity index (χ3v) is 3.76. The number of carbonyl (C=O) groups excluding carboxylic acids is 1. The van der Waals surface area contributed by atoms with Gasteiger partial charge >= 0.3 is 0 Å². The van der Waals surface area contributed by atoms with Crippen LogP contribution in [0.25, 0.3) is 0 Å². The van der Waals surface area contributed by atoms with Crippen molar-refractivity contribution >= 4 is 5.91 Å². The largest absolute Gasteiger partial charge is 0.374 e. The first-order valence-corrected chi connectivity index (χ1v) is 8.01. The molecule has 2 rings (SSSR count). The summed E-state index contributed by atoms with van der Waals surface area (Å²) in [5, 5.41) is 3.01. The predicted octanol–water partition coefficient (Wildman–Crippen LogP) is 4.16. The van der Waals surface area contributed by atoms with Gasteiger partial charge in [-0.1, -0.05) is 42.0 Å². The van der Waals surface area contributed by atoms with E-state index in [9.17, 15) is 4.79 Å². The molecule has 0 spiro atoms. The van der Waals surface area contributed by atoms with Gasteiger partial charge in [-0.2, -0.15) is 0 Å². The summed E-state index contributed by atoms with van der Waals surface area (Å²) >= 11 is 0. The molecule has 0 aliphatic heterocycles. The van der Waals surface area contributed by atoms with Gasteiger partial charge in [-0.3, -0.25) is 4.79 Å². The number of amides is 1. The van der Waals surface area contributed by atoms with Gasteiger partial charge in [0.25, 0.3) is 5.91 Å². The summed E-state index contributed by atoms with van der Waals surface area (Å²) in [5.74, 6) is -0.0397. The number of hydrogen-bond acceptors (Lipinski definition) is 2. The maximum Gasteiger partial charge on any atom is 0.251 e. The molecule has 0 atom stereocenters. The van der Waals surface area contributed by atoms with E-state index in [1.807, 2.05) is 70.2 Å². The van der Waals surface area contributed by atoms with Crippen LogP contribution in [0, 0.1) is 13.8 Å². The molecule has 0 unspecified atom stereocenters. The lowest BCUT2D eigenvalue weighted by atomic mass is 10.0. The number of aryl methyl sites for hydroxylation is 2. The van der Waals surface area contributed by atoms with Crippen molar-refractivity contribution in [2.45, 2.75) is 47.0 Å². The molecule has 23 heavy (non-hydrogen) atoms. The first-order chi connectivity index (χ1) is 11.0. The lowest BCUT2D eigenvalue weighted by Gasteiger charge is -2.13. The summed E-state index contributed by atoms with van der Waals surface area (Å²) < 4.78 is 5.68. The zero-order valence-corrected chi connectivity index (χ0v) is 14.3. The Hall–Kier alpha value is -2.13. The summed E-state index contributed by atoms with van der Waals surface area (Å²) in [6.45, 7) is 9.10. The molecule has 0 heterocycles. The molecule has 0 radical (unpaired) electrons. The Kier molecular flexibility index (Phi) is 5.94. The van der Waals surface area contributed by atoms with Gasteiger partial charge in [0.15, 0.2) is 0 Å². The van der Waals surface area contributed by atoms with E-state index in [0.717, 1.165) is 27.8 Å². The third-order valence-electron chi connectivity index (χ3n) is 3.76. The zero-order valence-electron chi connectivity index (χ0n) is 14.3. The maximum absolute atomic E-state index is 12.4. The number of hydrogen-bond donors (Lipinski definition) is 1. The minimum atomic E-state index is -0.0397. The number of ether oxygens (including phenoxy) is 1. The second-order valence-electron chi connectivity index (χ2n) is 6.13. The van der Waals surface area contributed by atoms with Crippen LogP contribution in [0.2, 0.25) is 0 Å². The molecule has 0 bridgehead atoms. The van der Waals surface area contributed by atoms with Crippen molar-refractivity contribution < 1.29 is 9.53 Å². The molecule has 0 aromatic heterocycles. The topological polar surface area (TPSA) is 38.3 Å². The van der Waals surface area contributed by atoms with Gasteiger partial charge in [-0.15, -0.1) is 0 Å². The Labute approximate surface area is 138 Å². The summed E-state index contributed by atoms with van der Waals surface area (Å²) in [4.78, 5) is 12.4. The van der Waals surface area contributed by atoms with Gasteiger partial charge in [-0.05, 0) is 50.5 Å². The van der Waals surface area contributed by atoms with Gasteiger partial charge in [-0.25, -0.2) is 0 Å². The Morgan fingerprint density at radius 3 is 2.43 bits per heavy atom. The highest BCUT2D eigenvalue weighted by atomic mass is 16.5. The molecule has 0 saturated heterocycles. The summed E-state index contributed by atoms with van der Waals surface area (Å²) in [6, 6.07) is 13.9. The van der Waals surface area contributed by atoms with E-state index in [0.29, 0.717) is 13.2 Å². The van der Waals surface area contributed by atoms with E-state index in [4.69, 9.17) is 4.74 Å². The van der Waals surface area contributed by atoms with Crippen molar-refractivity contribution in [2.75, 3.05) is 0 Å². The molecular weight excluding hydrogens is 286 g/mol. The van der Waals surface area contributed by atoms with Gasteiger partial charge < -0.3 is 10.1 Å². The Morgan fingerprint density at radius 2 is 1.78 bits per heavy atom. The van der Waals surface area contributed by atoms with Gasteiger partial charge in [0.2, 0.25) is 0 Å². The molecular formula is C20H25NO2. The van der Waals surface area contributed by atoms with Crippen molar-refractivity contribution in [1.29, 1.82) is 0 Å². The first kappa shape index (κ1) is 17.2. The van der Waals surface area contributed by atoms with Gasteiger partial charge in [0, 0.05) is 12.1 Å². The Morgan fingerprint density at radius 1 is 1.09 bits per heavy atom. The van der Waals surface area contributed by atoms with E-state index in [1.165, 1.54) is 0 Å². The van der Waals surface area contributed by atoms with Crippen molar-refractivity contribution in [3.63, 3.8) is 0 Å². The predicted molar refractivity (Wildman–Crippen MR) is 93.5 cm³/mol. The van der Waals surface area contributed by atoms with Crippen LogP contribution in [0.1, 0.15) is 46.5 Å². The number of nitrogens with one attached hydrogen (secondary N) is 1. The van der Waals surface area contributed by atoms with Crippen molar-refractivity contribution in [3.05, 3.63) is 70.3 Å². The summed E-state index contributed by atoms with van der Waals surface area (Å²) in [5.41, 5.74) is 5.09. The molecule has 0 fully saturated rings. The second-order valence-corrected chi connectivity index (χ2v) is 6.13. The lowest BCUT2D eigenvalue weighted by Crippen LogP contribution is -2.24. The van der Waals surface area contributed by atoms with Crippen molar-refractivity contribution in [1.82, 2.24) is 5.32 Å². The normalized spacial score (nSPS) is 10.8. The van der Waals surface area contributed by atoms with Crippen LogP contribution >= 0.6 is 0 Å². The Bertz CT molecular complexity index is 677. The summed E-state index contributed by atoms with van der Waals surface area (Å²) in [6.07, 6.45) is 0.188. The molecule has 0 saturated carbocycles. The van der Waals surface area contributed by atoms with Gasteiger partial charge in [0.05, 0.1) is 12.7 Å². The van der Waals surface area contributed by atoms with E-state index >= 15 is 0 Å². The fraction of sp³-hybridized carbons (Fsp3) is 0.350. The van der Waals surface area contributed by atoms with Crippen LogP contribution in [-0.4, -0.2) is 12.0 Å². The van der Waals surface area contributed by atoms with E-state index in [-0.39, 0.29) is 12.0 Å². The third kappa shape index (κ3) is 4.93. The second kappa shape index (κ2) is 7.93. The summed E-state index contributed by atoms with van der Waals surface area (Å²) in [7, 11) is 0. The zero-order chi connectivity index (χ0) is 16.8. The lowest BCUT2D eigenvalue weighted by molar-refractivity contribution is 0.0651. The van der Waals surface area contributed by atoms with Crippen LogP contribution in [0.5, 0.6) is 0 Å². The van der Waals surface area contributed by atoms with Crippen LogP contribution in [0.15, 0.2) is 42.5 Å².